The van der Waals surface area contributed by atoms with Gasteiger partial charge in [0, 0.05) is 34.6 Å². The van der Waals surface area contributed by atoms with Crippen LogP contribution in [0.4, 0.5) is 5.82 Å². The molecule has 1 saturated heterocycles. The number of rotatable bonds is 6. The molecule has 3 rings (SSSR count). The molecule has 0 aliphatic carbocycles. The van der Waals surface area contributed by atoms with E-state index in [0.29, 0.717) is 0 Å². The monoisotopic (exact) mass is 477 g/mol. The number of nitrogens with zero attached hydrogens (tertiary/aromatic N) is 5. The van der Waals surface area contributed by atoms with Gasteiger partial charge in [0.2, 0.25) is 11.8 Å². The van der Waals surface area contributed by atoms with E-state index in [2.05, 4.69) is 15.0 Å². The molecule has 4 atom stereocenters. The number of hydrogen-bond donors (Lipinski definition) is 0. The molecular weight excluding hydrogens is 454 g/mol. The number of anilines is 1. The number of hydrogen-bond acceptors (Lipinski definition) is 12. The molecule has 0 bridgehead atoms. The van der Waals surface area contributed by atoms with E-state index in [4.69, 9.17) is 18.9 Å². The summed E-state index contributed by atoms with van der Waals surface area (Å²) in [6.07, 6.45) is -1.94. The van der Waals surface area contributed by atoms with Gasteiger partial charge >= 0.3 is 17.9 Å². The van der Waals surface area contributed by atoms with Gasteiger partial charge in [-0.05, 0) is 0 Å². The van der Waals surface area contributed by atoms with Crippen molar-refractivity contribution in [1.29, 1.82) is 0 Å². The summed E-state index contributed by atoms with van der Waals surface area (Å²) in [7, 11) is 0. The predicted octanol–water partition coefficient (Wildman–Crippen LogP) is 0.0496. The number of aromatic nitrogens is 4. The lowest BCUT2D eigenvalue weighted by atomic mass is 10.1. The first-order valence-electron chi connectivity index (χ1n) is 10.1. The second-order valence-corrected chi connectivity index (χ2v) is 7.41. The highest BCUT2D eigenvalue weighted by atomic mass is 16.7. The van der Waals surface area contributed by atoms with E-state index >= 15 is 0 Å². The summed E-state index contributed by atoms with van der Waals surface area (Å²) in [5, 5.41) is 0. The molecule has 2 amide bonds. The first kappa shape index (κ1) is 24.7. The van der Waals surface area contributed by atoms with Crippen molar-refractivity contribution in [3.8, 4) is 0 Å². The number of esters is 3. The molecule has 3 heterocycles. The summed E-state index contributed by atoms with van der Waals surface area (Å²) in [5.74, 6) is -3.13. The van der Waals surface area contributed by atoms with E-state index in [-0.39, 0.29) is 23.6 Å². The Morgan fingerprint density at radius 3 is 2.09 bits per heavy atom. The van der Waals surface area contributed by atoms with E-state index < -0.39 is 54.3 Å². The summed E-state index contributed by atoms with van der Waals surface area (Å²) in [6.45, 7) is 5.67. The Labute approximate surface area is 193 Å². The van der Waals surface area contributed by atoms with Gasteiger partial charge in [-0.15, -0.1) is 0 Å². The quantitative estimate of drug-likeness (QED) is 0.405. The van der Waals surface area contributed by atoms with Gasteiger partial charge in [-0.25, -0.2) is 19.9 Å². The van der Waals surface area contributed by atoms with Crippen molar-refractivity contribution in [2.75, 3.05) is 11.5 Å². The second kappa shape index (κ2) is 9.91. The molecule has 0 aromatic carbocycles. The summed E-state index contributed by atoms with van der Waals surface area (Å²) in [4.78, 5) is 72.2. The minimum atomic E-state index is -1.16. The molecule has 14 heteroatoms. The highest BCUT2D eigenvalue weighted by molar-refractivity contribution is 6.15. The average Bonchev–Trinajstić information content (AvgIpc) is 3.28. The number of imidazole rings is 1. The number of carbonyl (C=O) groups is 5. The molecule has 1 aliphatic rings. The Morgan fingerprint density at radius 2 is 1.53 bits per heavy atom. The molecular formula is C20H23N5O9. The van der Waals surface area contributed by atoms with Crippen LogP contribution in [0.2, 0.25) is 0 Å². The first-order chi connectivity index (χ1) is 16.0. The summed E-state index contributed by atoms with van der Waals surface area (Å²) < 4.78 is 23.1. The lowest BCUT2D eigenvalue weighted by molar-refractivity contribution is -0.166. The highest BCUT2D eigenvalue weighted by Crippen LogP contribution is 2.36. The van der Waals surface area contributed by atoms with Crippen molar-refractivity contribution >= 4 is 46.7 Å². The van der Waals surface area contributed by atoms with Gasteiger partial charge in [0.25, 0.3) is 0 Å². The molecule has 14 nitrogen and oxygen atoms in total. The Balaban J connectivity index is 2.09. The molecule has 1 fully saturated rings. The maximum atomic E-state index is 12.0. The molecule has 1 aliphatic heterocycles. The van der Waals surface area contributed by atoms with Gasteiger partial charge < -0.3 is 18.9 Å². The number of fused-ring (bicyclic) bond motifs is 1. The third-order valence-electron chi connectivity index (χ3n) is 4.80. The fraction of sp³-hybridized carbons (Fsp3) is 0.500. The van der Waals surface area contributed by atoms with Gasteiger partial charge in [-0.3, -0.25) is 28.5 Å². The maximum Gasteiger partial charge on any atom is 0.303 e. The van der Waals surface area contributed by atoms with E-state index in [0.717, 1.165) is 11.2 Å². The molecule has 2 aromatic heterocycles. The van der Waals surface area contributed by atoms with E-state index in [1.54, 1.807) is 0 Å². The normalized spacial score (nSPS) is 21.7. The highest BCUT2D eigenvalue weighted by Gasteiger charge is 2.51. The van der Waals surface area contributed by atoms with Gasteiger partial charge in [0.15, 0.2) is 35.4 Å². The lowest BCUT2D eigenvalue weighted by Gasteiger charge is -2.23. The molecule has 182 valence electrons. The Hall–Kier alpha value is -3.94. The van der Waals surface area contributed by atoms with E-state index in [1.165, 1.54) is 45.5 Å². The van der Waals surface area contributed by atoms with E-state index in [9.17, 15) is 24.0 Å². The summed E-state index contributed by atoms with van der Waals surface area (Å²) in [6, 6.07) is 0. The lowest BCUT2D eigenvalue weighted by Crippen LogP contribution is -2.40. The standard InChI is InChI=1S/C20H23N5O9/c1-9(26)25(10(2)27)19-15-18(21-7-22-19)24(8-23-15)20-17(33-13(5)30)16(32-12(4)29)14(34-20)6-31-11(3)28/h7-8,14,16-17,20H,6H2,1-5H3/t14-,16+,17?,20-/m1/s1. The van der Waals surface area contributed by atoms with Crippen molar-refractivity contribution < 1.29 is 42.9 Å². The minimum absolute atomic E-state index is 0.0428. The number of ether oxygens (including phenoxy) is 4. The van der Waals surface area contributed by atoms with Crippen LogP contribution < -0.4 is 4.90 Å². The summed E-state index contributed by atoms with van der Waals surface area (Å²) in [5.41, 5.74) is 0.250. The molecule has 0 radical (unpaired) electrons. The molecule has 0 saturated carbocycles. The van der Waals surface area contributed by atoms with Crippen molar-refractivity contribution in [2.24, 2.45) is 0 Å². The number of imide groups is 1. The number of carbonyl (C=O) groups excluding carboxylic acids is 5. The van der Waals surface area contributed by atoms with Crippen LogP contribution in [0.1, 0.15) is 40.8 Å². The zero-order chi connectivity index (χ0) is 25.2. The van der Waals surface area contributed by atoms with Crippen LogP contribution in [0.15, 0.2) is 12.7 Å². The van der Waals surface area contributed by atoms with Gasteiger partial charge in [0.05, 0.1) is 6.33 Å². The van der Waals surface area contributed by atoms with Crippen LogP contribution in [0.25, 0.3) is 11.2 Å². The van der Waals surface area contributed by atoms with Crippen molar-refractivity contribution in [2.45, 2.75) is 59.2 Å². The van der Waals surface area contributed by atoms with Crippen LogP contribution in [-0.4, -0.2) is 74.2 Å². The van der Waals surface area contributed by atoms with E-state index in [1.807, 2.05) is 0 Å². The van der Waals surface area contributed by atoms with Crippen LogP contribution in [0.3, 0.4) is 0 Å². The van der Waals surface area contributed by atoms with Crippen molar-refractivity contribution in [3.05, 3.63) is 12.7 Å². The van der Waals surface area contributed by atoms with Crippen molar-refractivity contribution in [1.82, 2.24) is 19.5 Å². The van der Waals surface area contributed by atoms with Gasteiger partial charge in [-0.1, -0.05) is 0 Å². The third-order valence-corrected chi connectivity index (χ3v) is 4.80. The SMILES string of the molecule is CC(=O)OC[C@H]1O[C@@H](n2cnc3c(N(C(C)=O)C(C)=O)ncnc32)C(OC(C)=O)[C@H]1OC(C)=O. The fourth-order valence-corrected chi connectivity index (χ4v) is 3.63. The third kappa shape index (κ3) is 5.01. The van der Waals surface area contributed by atoms with Crippen LogP contribution in [0.5, 0.6) is 0 Å². The minimum Gasteiger partial charge on any atom is -0.463 e. The molecule has 2 aromatic rings. The maximum absolute atomic E-state index is 12.0. The largest absolute Gasteiger partial charge is 0.463 e. The second-order valence-electron chi connectivity index (χ2n) is 7.41. The van der Waals surface area contributed by atoms with Crippen LogP contribution in [-0.2, 0) is 42.9 Å². The Bertz CT molecular complexity index is 1130. The Kier molecular flexibility index (Phi) is 7.20. The molecule has 0 N–H and O–H groups in total. The smallest absolute Gasteiger partial charge is 0.303 e. The van der Waals surface area contributed by atoms with Gasteiger partial charge in [0.1, 0.15) is 19.0 Å². The van der Waals surface area contributed by atoms with Crippen LogP contribution in [0, 0.1) is 0 Å². The fourth-order valence-electron chi connectivity index (χ4n) is 3.63. The zero-order valence-corrected chi connectivity index (χ0v) is 19.1. The van der Waals surface area contributed by atoms with Crippen LogP contribution >= 0.6 is 0 Å². The average molecular weight is 477 g/mol. The summed E-state index contributed by atoms with van der Waals surface area (Å²) >= 11 is 0. The van der Waals surface area contributed by atoms with Crippen molar-refractivity contribution in [3.63, 3.8) is 0 Å². The molecule has 34 heavy (non-hydrogen) atoms. The first-order valence-corrected chi connectivity index (χ1v) is 10.1. The number of amides is 2. The topological polar surface area (TPSA) is 169 Å². The molecule has 0 spiro atoms. The Morgan fingerprint density at radius 1 is 0.912 bits per heavy atom. The molecule has 1 unspecified atom stereocenters. The zero-order valence-electron chi connectivity index (χ0n) is 19.1. The van der Waals surface area contributed by atoms with Gasteiger partial charge in [-0.2, -0.15) is 0 Å². The predicted molar refractivity (Wildman–Crippen MR) is 111 cm³/mol.